The quantitative estimate of drug-likeness (QED) is 0.639. The van der Waals surface area contributed by atoms with Crippen LogP contribution in [0.4, 0.5) is 5.69 Å². The highest BCUT2D eigenvalue weighted by Gasteiger charge is 2.49. The third-order valence-corrected chi connectivity index (χ3v) is 8.33. The Kier molecular flexibility index (Phi) is 4.80. The van der Waals surface area contributed by atoms with Gasteiger partial charge in [0.25, 0.3) is 0 Å². The molecule has 160 valence electrons. The second-order valence-corrected chi connectivity index (χ2v) is 10.9. The number of pyridine rings is 1. The standard InChI is InChI=1S/C23H22ClN3O3S/c1-23(22(28)26-20-12-25-11-16-4-2-3-5-18(16)20)14-27(13-15-6-7-15)31(29,30)21-9-8-17(24)10-19(21)23/h2-5,8-12,15H,6-7,13-14H2,1H3,(H,26,28). The van der Waals surface area contributed by atoms with Gasteiger partial charge in [-0.05, 0) is 49.4 Å². The Bertz CT molecular complexity index is 1300. The lowest BCUT2D eigenvalue weighted by Crippen LogP contribution is -2.53. The zero-order chi connectivity index (χ0) is 21.8. The van der Waals surface area contributed by atoms with Crippen LogP contribution in [0.2, 0.25) is 5.02 Å². The SMILES string of the molecule is CC1(C(=O)Nc2cncc3ccccc23)CN(CC2CC2)S(=O)(=O)c2ccc(Cl)cc21. The van der Waals surface area contributed by atoms with Gasteiger partial charge in [0.1, 0.15) is 0 Å². The Hall–Kier alpha value is -2.48. The van der Waals surface area contributed by atoms with Crippen molar-refractivity contribution in [3.63, 3.8) is 0 Å². The molecule has 2 aromatic carbocycles. The van der Waals surface area contributed by atoms with E-state index in [0.717, 1.165) is 23.6 Å². The van der Waals surface area contributed by atoms with Crippen LogP contribution < -0.4 is 5.32 Å². The topological polar surface area (TPSA) is 79.4 Å². The van der Waals surface area contributed by atoms with Gasteiger partial charge in [0.05, 0.1) is 22.2 Å². The molecule has 3 aromatic rings. The fourth-order valence-electron chi connectivity index (χ4n) is 4.24. The first-order valence-electron chi connectivity index (χ1n) is 10.2. The van der Waals surface area contributed by atoms with Crippen LogP contribution in [0, 0.1) is 5.92 Å². The van der Waals surface area contributed by atoms with Gasteiger partial charge in [-0.2, -0.15) is 4.31 Å². The molecule has 31 heavy (non-hydrogen) atoms. The van der Waals surface area contributed by atoms with E-state index in [9.17, 15) is 13.2 Å². The lowest BCUT2D eigenvalue weighted by molar-refractivity contribution is -0.121. The zero-order valence-electron chi connectivity index (χ0n) is 17.0. The van der Waals surface area contributed by atoms with Crippen LogP contribution in [0.3, 0.4) is 0 Å². The Balaban J connectivity index is 1.59. The number of sulfonamides is 1. The Morgan fingerprint density at radius 3 is 2.77 bits per heavy atom. The van der Waals surface area contributed by atoms with Crippen LogP contribution in [0.5, 0.6) is 0 Å². The number of fused-ring (bicyclic) bond motifs is 2. The Labute approximate surface area is 186 Å². The van der Waals surface area contributed by atoms with E-state index in [2.05, 4.69) is 10.3 Å². The minimum Gasteiger partial charge on any atom is -0.323 e. The number of amides is 1. The lowest BCUT2D eigenvalue weighted by Gasteiger charge is -2.40. The molecule has 1 N–H and O–H groups in total. The summed E-state index contributed by atoms with van der Waals surface area (Å²) < 4.78 is 28.0. The van der Waals surface area contributed by atoms with E-state index < -0.39 is 15.4 Å². The number of aromatic nitrogens is 1. The number of nitrogens with zero attached hydrogens (tertiary/aromatic N) is 2. The van der Waals surface area contributed by atoms with Gasteiger partial charge in [-0.3, -0.25) is 9.78 Å². The minimum absolute atomic E-state index is 0.0726. The summed E-state index contributed by atoms with van der Waals surface area (Å²) in [7, 11) is -3.68. The number of nitrogens with one attached hydrogen (secondary N) is 1. The van der Waals surface area contributed by atoms with Crippen molar-refractivity contribution in [3.8, 4) is 0 Å². The van der Waals surface area contributed by atoms with Crippen molar-refractivity contribution in [2.75, 3.05) is 18.4 Å². The summed E-state index contributed by atoms with van der Waals surface area (Å²) in [6, 6.07) is 12.3. The molecule has 1 atom stereocenters. The number of hydrogen-bond acceptors (Lipinski definition) is 4. The molecule has 0 bridgehead atoms. The van der Waals surface area contributed by atoms with Gasteiger partial charge < -0.3 is 5.32 Å². The summed E-state index contributed by atoms with van der Waals surface area (Å²) >= 11 is 6.22. The van der Waals surface area contributed by atoms with Gasteiger partial charge in [0, 0.05) is 35.1 Å². The van der Waals surface area contributed by atoms with Crippen molar-refractivity contribution >= 4 is 44.0 Å². The highest BCUT2D eigenvalue weighted by Crippen LogP contribution is 2.42. The molecule has 5 rings (SSSR count). The van der Waals surface area contributed by atoms with E-state index in [1.807, 2.05) is 24.3 Å². The summed E-state index contributed by atoms with van der Waals surface area (Å²) in [6.07, 6.45) is 5.39. The third kappa shape index (κ3) is 3.50. The molecule has 0 saturated heterocycles. The van der Waals surface area contributed by atoms with E-state index >= 15 is 0 Å². The normalized spacial score (nSPS) is 22.8. The minimum atomic E-state index is -3.68. The highest BCUT2D eigenvalue weighted by molar-refractivity contribution is 7.89. The van der Waals surface area contributed by atoms with Crippen LogP contribution in [0.25, 0.3) is 10.8 Å². The maximum atomic E-state index is 13.7. The number of carbonyl (C=O) groups excluding carboxylic acids is 1. The van der Waals surface area contributed by atoms with Gasteiger partial charge in [-0.25, -0.2) is 8.42 Å². The second kappa shape index (κ2) is 7.29. The van der Waals surface area contributed by atoms with Gasteiger partial charge in [-0.15, -0.1) is 0 Å². The van der Waals surface area contributed by atoms with Crippen molar-refractivity contribution in [2.24, 2.45) is 5.92 Å². The summed E-state index contributed by atoms with van der Waals surface area (Å²) in [6.45, 7) is 2.29. The van der Waals surface area contributed by atoms with Crippen LogP contribution in [0.1, 0.15) is 25.3 Å². The van der Waals surface area contributed by atoms with Crippen molar-refractivity contribution in [3.05, 3.63) is 65.4 Å². The summed E-state index contributed by atoms with van der Waals surface area (Å²) in [5.41, 5.74) is -0.0787. The number of rotatable bonds is 4. The first-order valence-corrected chi connectivity index (χ1v) is 12.1. The van der Waals surface area contributed by atoms with Crippen LogP contribution in [0.15, 0.2) is 59.8 Å². The molecule has 1 unspecified atom stereocenters. The smallest absolute Gasteiger partial charge is 0.243 e. The first-order chi connectivity index (χ1) is 14.8. The second-order valence-electron chi connectivity index (χ2n) is 8.58. The zero-order valence-corrected chi connectivity index (χ0v) is 18.6. The molecule has 2 heterocycles. The molecule has 1 aromatic heterocycles. The molecule has 1 saturated carbocycles. The molecular weight excluding hydrogens is 434 g/mol. The number of hydrogen-bond donors (Lipinski definition) is 1. The van der Waals surface area contributed by atoms with Crippen LogP contribution in [-0.2, 0) is 20.2 Å². The van der Waals surface area contributed by atoms with Gasteiger partial charge in [0.15, 0.2) is 0 Å². The van der Waals surface area contributed by atoms with Crippen molar-refractivity contribution < 1.29 is 13.2 Å². The van der Waals surface area contributed by atoms with Gasteiger partial charge in [0.2, 0.25) is 15.9 Å². The lowest BCUT2D eigenvalue weighted by atomic mass is 9.80. The molecule has 1 aliphatic heterocycles. The number of carbonyl (C=O) groups is 1. The van der Waals surface area contributed by atoms with E-state index in [4.69, 9.17) is 11.6 Å². The predicted molar refractivity (Wildman–Crippen MR) is 121 cm³/mol. The molecule has 1 amide bonds. The molecule has 1 aliphatic carbocycles. The van der Waals surface area contributed by atoms with Crippen LogP contribution in [-0.4, -0.2) is 36.7 Å². The number of anilines is 1. The highest BCUT2D eigenvalue weighted by atomic mass is 35.5. The third-order valence-electron chi connectivity index (χ3n) is 6.22. The maximum absolute atomic E-state index is 13.7. The predicted octanol–water partition coefficient (Wildman–Crippen LogP) is 4.20. The fraction of sp³-hybridized carbons (Fsp3) is 0.304. The molecular formula is C23H22ClN3O3S. The molecule has 8 heteroatoms. The largest absolute Gasteiger partial charge is 0.323 e. The Morgan fingerprint density at radius 2 is 2.00 bits per heavy atom. The average molecular weight is 456 g/mol. The first kappa shape index (κ1) is 20.4. The maximum Gasteiger partial charge on any atom is 0.243 e. The van der Waals surface area contributed by atoms with E-state index in [0.29, 0.717) is 28.7 Å². The molecule has 1 fully saturated rings. The fourth-order valence-corrected chi connectivity index (χ4v) is 6.33. The Morgan fingerprint density at radius 1 is 1.23 bits per heavy atom. The summed E-state index contributed by atoms with van der Waals surface area (Å²) in [5.74, 6) is 0.0723. The van der Waals surface area contributed by atoms with Gasteiger partial charge in [-0.1, -0.05) is 35.9 Å². The van der Waals surface area contributed by atoms with Crippen molar-refractivity contribution in [2.45, 2.75) is 30.1 Å². The number of benzene rings is 2. The van der Waals surface area contributed by atoms with Gasteiger partial charge >= 0.3 is 0 Å². The molecule has 2 aliphatic rings. The molecule has 0 spiro atoms. The number of halogens is 1. The van der Waals surface area contributed by atoms with E-state index in [1.165, 1.54) is 10.4 Å². The average Bonchev–Trinajstić information content (AvgIpc) is 3.56. The van der Waals surface area contributed by atoms with Crippen LogP contribution >= 0.6 is 11.6 Å². The monoisotopic (exact) mass is 455 g/mol. The molecule has 6 nitrogen and oxygen atoms in total. The van der Waals surface area contributed by atoms with E-state index in [1.54, 1.807) is 31.5 Å². The van der Waals surface area contributed by atoms with Crippen molar-refractivity contribution in [1.29, 1.82) is 0 Å². The summed E-state index contributed by atoms with van der Waals surface area (Å²) in [5, 5.41) is 5.19. The molecule has 0 radical (unpaired) electrons. The summed E-state index contributed by atoms with van der Waals surface area (Å²) in [4.78, 5) is 18.0. The van der Waals surface area contributed by atoms with E-state index in [-0.39, 0.29) is 17.3 Å². The van der Waals surface area contributed by atoms with Crippen molar-refractivity contribution in [1.82, 2.24) is 9.29 Å².